The molecule has 1 amide bonds. The predicted molar refractivity (Wildman–Crippen MR) is 131 cm³/mol. The maximum Gasteiger partial charge on any atom is 0.356 e. The van der Waals surface area contributed by atoms with Gasteiger partial charge in [-0.2, -0.15) is 9.78 Å². The molecule has 1 aliphatic heterocycles. The monoisotopic (exact) mass is 496 g/mol. The molecule has 1 aromatic heterocycles. The molecule has 0 bridgehead atoms. The SMILES string of the molecule is Cc1cc(-c2cccc(S(C)(=O)=O)c2)ccc1CN1CCN(C(=O)n2ccc(C(=O)O)n2)[C@H](C)C1. The molecule has 0 unspecified atom stereocenters. The van der Waals surface area contributed by atoms with E-state index in [2.05, 4.69) is 22.1 Å². The maximum atomic E-state index is 12.8. The maximum absolute atomic E-state index is 12.8. The summed E-state index contributed by atoms with van der Waals surface area (Å²) in [6.45, 7) is 6.61. The Labute approximate surface area is 204 Å². The zero-order valence-corrected chi connectivity index (χ0v) is 20.7. The Kier molecular flexibility index (Phi) is 6.77. The van der Waals surface area contributed by atoms with E-state index in [0.717, 1.165) is 33.5 Å². The van der Waals surface area contributed by atoms with Gasteiger partial charge in [0, 0.05) is 44.7 Å². The van der Waals surface area contributed by atoms with Crippen molar-refractivity contribution in [1.29, 1.82) is 0 Å². The Balaban J connectivity index is 1.42. The molecule has 2 heterocycles. The van der Waals surface area contributed by atoms with Gasteiger partial charge in [0.2, 0.25) is 0 Å². The summed E-state index contributed by atoms with van der Waals surface area (Å²) in [5.74, 6) is -1.17. The van der Waals surface area contributed by atoms with Crippen LogP contribution in [0.25, 0.3) is 11.1 Å². The Morgan fingerprint density at radius 1 is 1.09 bits per heavy atom. The molecule has 184 valence electrons. The third-order valence-electron chi connectivity index (χ3n) is 6.29. The number of carbonyl (C=O) groups excluding carboxylic acids is 1. The summed E-state index contributed by atoms with van der Waals surface area (Å²) in [6, 6.07) is 14.0. The number of hydrogen-bond acceptors (Lipinski definition) is 6. The van der Waals surface area contributed by atoms with Crippen LogP contribution in [0, 0.1) is 6.92 Å². The highest BCUT2D eigenvalue weighted by Crippen LogP contribution is 2.26. The summed E-state index contributed by atoms with van der Waals surface area (Å²) in [6.07, 6.45) is 2.58. The first-order chi connectivity index (χ1) is 16.5. The number of hydrogen-bond donors (Lipinski definition) is 1. The number of benzene rings is 2. The van der Waals surface area contributed by atoms with E-state index in [9.17, 15) is 18.0 Å². The molecule has 0 aliphatic carbocycles. The Morgan fingerprint density at radius 3 is 2.46 bits per heavy atom. The fourth-order valence-corrected chi connectivity index (χ4v) is 5.00. The van der Waals surface area contributed by atoms with Crippen LogP contribution in [0.2, 0.25) is 0 Å². The van der Waals surface area contributed by atoms with Crippen LogP contribution >= 0.6 is 0 Å². The fraction of sp³-hybridized carbons (Fsp3) is 0.320. The summed E-state index contributed by atoms with van der Waals surface area (Å²) in [7, 11) is -3.27. The zero-order chi connectivity index (χ0) is 25.3. The molecule has 2 aromatic carbocycles. The molecule has 1 N–H and O–H groups in total. The number of carboxylic acid groups (broad SMARTS) is 1. The zero-order valence-electron chi connectivity index (χ0n) is 19.9. The largest absolute Gasteiger partial charge is 0.476 e. The van der Waals surface area contributed by atoms with Gasteiger partial charge in [-0.1, -0.05) is 30.3 Å². The highest BCUT2D eigenvalue weighted by molar-refractivity contribution is 7.90. The number of aromatic nitrogens is 2. The molecule has 1 aliphatic rings. The second-order valence-electron chi connectivity index (χ2n) is 8.95. The minimum Gasteiger partial charge on any atom is -0.476 e. The van der Waals surface area contributed by atoms with Gasteiger partial charge >= 0.3 is 12.0 Å². The number of aryl methyl sites for hydroxylation is 1. The van der Waals surface area contributed by atoms with Crippen LogP contribution in [0.5, 0.6) is 0 Å². The molecular formula is C25H28N4O5S. The number of nitrogens with zero attached hydrogens (tertiary/aromatic N) is 4. The number of aromatic carboxylic acids is 1. The highest BCUT2D eigenvalue weighted by Gasteiger charge is 2.29. The van der Waals surface area contributed by atoms with E-state index in [1.54, 1.807) is 23.1 Å². The number of carbonyl (C=O) groups is 2. The van der Waals surface area contributed by atoms with Gasteiger partial charge in [0.1, 0.15) is 0 Å². The molecule has 0 spiro atoms. The quantitative estimate of drug-likeness (QED) is 0.577. The van der Waals surface area contributed by atoms with Crippen molar-refractivity contribution in [3.05, 3.63) is 71.5 Å². The number of piperazine rings is 1. The Bertz CT molecular complexity index is 1380. The number of carboxylic acids is 1. The summed E-state index contributed by atoms with van der Waals surface area (Å²) in [4.78, 5) is 28.1. The van der Waals surface area contributed by atoms with E-state index >= 15 is 0 Å². The standard InChI is InChI=1S/C25H28N4O5S/c1-17-13-20(19-5-4-6-22(14-19)35(3,33)34)7-8-21(17)16-27-11-12-28(18(2)15-27)25(32)29-10-9-23(26-29)24(30)31/h4-10,13-14,18H,11-12,15-16H2,1-3H3,(H,30,31)/t18-/m1/s1. The molecule has 0 radical (unpaired) electrons. The molecule has 1 fully saturated rings. The van der Waals surface area contributed by atoms with E-state index in [0.29, 0.717) is 24.5 Å². The Hall–Kier alpha value is -3.50. The van der Waals surface area contributed by atoms with Crippen molar-refractivity contribution >= 4 is 21.8 Å². The van der Waals surface area contributed by atoms with Gasteiger partial charge in [0.25, 0.3) is 0 Å². The topological polar surface area (TPSA) is 113 Å². The molecule has 9 nitrogen and oxygen atoms in total. The number of amides is 1. The third-order valence-corrected chi connectivity index (χ3v) is 7.40. The normalized spacial score (nSPS) is 16.9. The molecule has 1 saturated heterocycles. The summed E-state index contributed by atoms with van der Waals surface area (Å²) in [5, 5.41) is 12.9. The van der Waals surface area contributed by atoms with Crippen LogP contribution < -0.4 is 0 Å². The lowest BCUT2D eigenvalue weighted by atomic mass is 9.99. The van der Waals surface area contributed by atoms with E-state index < -0.39 is 15.8 Å². The van der Waals surface area contributed by atoms with Gasteiger partial charge < -0.3 is 10.0 Å². The third kappa shape index (κ3) is 5.44. The average molecular weight is 497 g/mol. The van der Waals surface area contributed by atoms with E-state index in [1.165, 1.54) is 18.5 Å². The first-order valence-electron chi connectivity index (χ1n) is 11.3. The second kappa shape index (κ2) is 9.63. The molecule has 10 heteroatoms. The first kappa shape index (κ1) is 24.6. The van der Waals surface area contributed by atoms with Crippen LogP contribution in [-0.2, 0) is 16.4 Å². The van der Waals surface area contributed by atoms with Crippen LogP contribution in [0.15, 0.2) is 59.6 Å². The second-order valence-corrected chi connectivity index (χ2v) is 11.0. The molecule has 35 heavy (non-hydrogen) atoms. The summed E-state index contributed by atoms with van der Waals surface area (Å²) < 4.78 is 24.9. The van der Waals surface area contributed by atoms with Crippen molar-refractivity contribution in [3.8, 4) is 11.1 Å². The lowest BCUT2D eigenvalue weighted by Crippen LogP contribution is -2.54. The van der Waals surface area contributed by atoms with Gasteiger partial charge in [-0.15, -0.1) is 0 Å². The van der Waals surface area contributed by atoms with Gasteiger partial charge in [0.15, 0.2) is 15.5 Å². The number of rotatable bonds is 5. The molecule has 3 aromatic rings. The van der Waals surface area contributed by atoms with Crippen molar-refractivity contribution in [3.63, 3.8) is 0 Å². The minimum absolute atomic E-state index is 0.0629. The number of sulfone groups is 1. The molecular weight excluding hydrogens is 468 g/mol. The van der Waals surface area contributed by atoms with Crippen LogP contribution in [0.3, 0.4) is 0 Å². The van der Waals surface area contributed by atoms with Gasteiger partial charge in [-0.3, -0.25) is 4.90 Å². The van der Waals surface area contributed by atoms with Gasteiger partial charge in [-0.05, 0) is 54.3 Å². The molecule has 4 rings (SSSR count). The van der Waals surface area contributed by atoms with E-state index in [-0.39, 0.29) is 17.8 Å². The first-order valence-corrected chi connectivity index (χ1v) is 13.1. The van der Waals surface area contributed by atoms with Crippen molar-refractivity contribution in [1.82, 2.24) is 19.6 Å². The van der Waals surface area contributed by atoms with Gasteiger partial charge in [-0.25, -0.2) is 18.0 Å². The van der Waals surface area contributed by atoms with Crippen molar-refractivity contribution in [2.45, 2.75) is 31.3 Å². The van der Waals surface area contributed by atoms with Crippen LogP contribution in [-0.4, -0.2) is 77.0 Å². The van der Waals surface area contributed by atoms with Crippen LogP contribution in [0.1, 0.15) is 28.5 Å². The van der Waals surface area contributed by atoms with Crippen molar-refractivity contribution in [2.75, 3.05) is 25.9 Å². The predicted octanol–water partition coefficient (Wildman–Crippen LogP) is 3.13. The van der Waals surface area contributed by atoms with Crippen molar-refractivity contribution in [2.24, 2.45) is 0 Å². The van der Waals surface area contributed by atoms with Gasteiger partial charge in [0.05, 0.1) is 4.90 Å². The average Bonchev–Trinajstić information content (AvgIpc) is 3.30. The molecule has 1 atom stereocenters. The smallest absolute Gasteiger partial charge is 0.356 e. The molecule has 0 saturated carbocycles. The Morgan fingerprint density at radius 2 is 1.83 bits per heavy atom. The van der Waals surface area contributed by atoms with Crippen molar-refractivity contribution < 1.29 is 23.1 Å². The highest BCUT2D eigenvalue weighted by atomic mass is 32.2. The van der Waals surface area contributed by atoms with Crippen LogP contribution in [0.4, 0.5) is 4.79 Å². The summed E-state index contributed by atoms with van der Waals surface area (Å²) >= 11 is 0. The summed E-state index contributed by atoms with van der Waals surface area (Å²) in [5.41, 5.74) is 3.93. The van der Waals surface area contributed by atoms with E-state index in [1.807, 2.05) is 26.0 Å². The van der Waals surface area contributed by atoms with E-state index in [4.69, 9.17) is 5.11 Å². The fourth-order valence-electron chi connectivity index (χ4n) is 4.34. The lowest BCUT2D eigenvalue weighted by Gasteiger charge is -2.39. The lowest BCUT2D eigenvalue weighted by molar-refractivity contribution is 0.0689. The minimum atomic E-state index is -3.27.